The summed E-state index contributed by atoms with van der Waals surface area (Å²) in [4.78, 5) is 29.1. The molecule has 2 aromatic rings. The minimum atomic E-state index is -0.162. The molecule has 0 aliphatic heterocycles. The van der Waals surface area contributed by atoms with Crippen LogP contribution < -0.4 is 10.9 Å². The molecule has 5 heteroatoms. The summed E-state index contributed by atoms with van der Waals surface area (Å²) in [5.41, 5.74) is 1.51. The van der Waals surface area contributed by atoms with Crippen LogP contribution in [0.3, 0.4) is 0 Å². The van der Waals surface area contributed by atoms with Gasteiger partial charge in [0.15, 0.2) is 0 Å². The molecular formula is C18H23N3O2. The Morgan fingerprint density at radius 1 is 1.35 bits per heavy atom. The molecule has 0 saturated heterocycles. The fourth-order valence-corrected chi connectivity index (χ4v) is 3.32. The third-order valence-electron chi connectivity index (χ3n) is 4.75. The van der Waals surface area contributed by atoms with Gasteiger partial charge in [0.05, 0.1) is 17.2 Å². The first-order chi connectivity index (χ1) is 11.0. The number of amides is 1. The summed E-state index contributed by atoms with van der Waals surface area (Å²) in [5.74, 6) is 0.390. The topological polar surface area (TPSA) is 64.0 Å². The number of carbonyl (C=O) groups excluding carboxylic acids is 1. The van der Waals surface area contributed by atoms with Gasteiger partial charge < -0.3 is 5.32 Å². The van der Waals surface area contributed by atoms with Crippen molar-refractivity contribution in [1.82, 2.24) is 14.9 Å². The molecule has 1 aromatic carbocycles. The molecule has 3 rings (SSSR count). The van der Waals surface area contributed by atoms with E-state index >= 15 is 0 Å². The van der Waals surface area contributed by atoms with Crippen LogP contribution in [0.1, 0.15) is 38.2 Å². The van der Waals surface area contributed by atoms with Gasteiger partial charge in [0.2, 0.25) is 5.91 Å². The molecule has 1 fully saturated rings. The van der Waals surface area contributed by atoms with Gasteiger partial charge in [0.1, 0.15) is 6.54 Å². The number of hydrogen-bond acceptors (Lipinski definition) is 3. The van der Waals surface area contributed by atoms with Crippen molar-refractivity contribution in [3.8, 4) is 0 Å². The lowest BCUT2D eigenvalue weighted by Gasteiger charge is -2.29. The fourth-order valence-electron chi connectivity index (χ4n) is 3.32. The summed E-state index contributed by atoms with van der Waals surface area (Å²) < 4.78 is 1.39. The lowest BCUT2D eigenvalue weighted by atomic mass is 9.86. The third-order valence-corrected chi connectivity index (χ3v) is 4.75. The van der Waals surface area contributed by atoms with Gasteiger partial charge in [0, 0.05) is 6.04 Å². The number of carbonyl (C=O) groups is 1. The lowest BCUT2D eigenvalue weighted by Crippen LogP contribution is -2.43. The Morgan fingerprint density at radius 2 is 2.13 bits per heavy atom. The molecule has 23 heavy (non-hydrogen) atoms. The number of nitrogens with zero attached hydrogens (tertiary/aromatic N) is 2. The van der Waals surface area contributed by atoms with E-state index < -0.39 is 0 Å². The second-order valence-electron chi connectivity index (χ2n) is 6.63. The number of aromatic nitrogens is 2. The highest BCUT2D eigenvalue weighted by Crippen LogP contribution is 2.23. The Bertz CT molecular complexity index is 781. The van der Waals surface area contributed by atoms with E-state index in [0.717, 1.165) is 24.8 Å². The molecule has 1 aliphatic carbocycles. The first-order valence-corrected chi connectivity index (χ1v) is 8.30. The van der Waals surface area contributed by atoms with Crippen LogP contribution in [0.25, 0.3) is 10.9 Å². The molecule has 0 unspecified atom stereocenters. The highest BCUT2D eigenvalue weighted by atomic mass is 16.2. The van der Waals surface area contributed by atoms with Crippen LogP contribution in [0.15, 0.2) is 29.3 Å². The molecule has 1 saturated carbocycles. The maximum atomic E-state index is 12.5. The van der Waals surface area contributed by atoms with Crippen LogP contribution in [0, 0.1) is 12.8 Å². The number of nitrogens with one attached hydrogen (secondary N) is 1. The highest BCUT2D eigenvalue weighted by Gasteiger charge is 2.22. The van der Waals surface area contributed by atoms with E-state index in [1.54, 1.807) is 0 Å². The van der Waals surface area contributed by atoms with Crippen molar-refractivity contribution in [2.45, 2.75) is 52.1 Å². The fraction of sp³-hybridized carbons (Fsp3) is 0.500. The molecule has 122 valence electrons. The molecule has 1 aromatic heterocycles. The second-order valence-corrected chi connectivity index (χ2v) is 6.63. The first kappa shape index (κ1) is 15.7. The maximum Gasteiger partial charge on any atom is 0.261 e. The van der Waals surface area contributed by atoms with Gasteiger partial charge in [-0.3, -0.25) is 14.2 Å². The largest absolute Gasteiger partial charge is 0.352 e. The van der Waals surface area contributed by atoms with Crippen molar-refractivity contribution in [3.05, 3.63) is 40.4 Å². The predicted molar refractivity (Wildman–Crippen MR) is 90.3 cm³/mol. The zero-order valence-electron chi connectivity index (χ0n) is 13.7. The average molecular weight is 313 g/mol. The smallest absolute Gasteiger partial charge is 0.261 e. The molecule has 5 nitrogen and oxygen atoms in total. The van der Waals surface area contributed by atoms with Crippen LogP contribution in [0.5, 0.6) is 0 Å². The normalized spacial score (nSPS) is 21.3. The SMILES string of the molecule is Cc1ccc2ncn(CC(=O)N[C@H]3CCCC[C@@H]3C)c(=O)c2c1. The Labute approximate surface area is 135 Å². The van der Waals surface area contributed by atoms with Crippen molar-refractivity contribution in [2.75, 3.05) is 0 Å². The van der Waals surface area contributed by atoms with Crippen LogP contribution in [-0.2, 0) is 11.3 Å². The monoisotopic (exact) mass is 313 g/mol. The molecule has 0 radical (unpaired) electrons. The zero-order chi connectivity index (χ0) is 16.4. The van der Waals surface area contributed by atoms with Crippen LogP contribution >= 0.6 is 0 Å². The van der Waals surface area contributed by atoms with Gasteiger partial charge in [-0.15, -0.1) is 0 Å². The van der Waals surface area contributed by atoms with E-state index in [2.05, 4.69) is 17.2 Å². The van der Waals surface area contributed by atoms with Crippen molar-refractivity contribution >= 4 is 16.8 Å². The van der Waals surface area contributed by atoms with Crippen LogP contribution in [0.2, 0.25) is 0 Å². The van der Waals surface area contributed by atoms with Gasteiger partial charge in [-0.2, -0.15) is 0 Å². The second kappa shape index (κ2) is 6.52. The number of fused-ring (bicyclic) bond motifs is 1. The number of aryl methyl sites for hydroxylation is 1. The summed E-state index contributed by atoms with van der Waals surface area (Å²) in [6.45, 7) is 4.14. The standard InChI is InChI=1S/C18H23N3O2/c1-12-7-8-16-14(9-12)18(23)21(11-19-16)10-17(22)20-15-6-4-3-5-13(15)2/h7-9,11,13,15H,3-6,10H2,1-2H3,(H,20,22)/t13-,15-/m0/s1. The van der Waals surface area contributed by atoms with Crippen molar-refractivity contribution < 1.29 is 4.79 Å². The molecule has 1 heterocycles. The Morgan fingerprint density at radius 3 is 2.91 bits per heavy atom. The van der Waals surface area contributed by atoms with Crippen molar-refractivity contribution in [2.24, 2.45) is 5.92 Å². The Hall–Kier alpha value is -2.17. The van der Waals surface area contributed by atoms with Gasteiger partial charge in [-0.1, -0.05) is 31.4 Å². The summed E-state index contributed by atoms with van der Waals surface area (Å²) in [5, 5.41) is 3.64. The van der Waals surface area contributed by atoms with Crippen LogP contribution in [0.4, 0.5) is 0 Å². The molecule has 1 aliphatic rings. The van der Waals surface area contributed by atoms with Crippen molar-refractivity contribution in [1.29, 1.82) is 0 Å². The molecule has 2 atom stereocenters. The van der Waals surface area contributed by atoms with E-state index in [0.29, 0.717) is 16.8 Å². The summed E-state index contributed by atoms with van der Waals surface area (Å²) in [6, 6.07) is 5.81. The quantitative estimate of drug-likeness (QED) is 0.946. The summed E-state index contributed by atoms with van der Waals surface area (Å²) in [7, 11) is 0. The number of benzene rings is 1. The molecular weight excluding hydrogens is 290 g/mol. The van der Waals surface area contributed by atoms with Crippen LogP contribution in [-0.4, -0.2) is 21.5 Å². The number of hydrogen-bond donors (Lipinski definition) is 1. The van der Waals surface area contributed by atoms with Gasteiger partial charge in [-0.05, 0) is 37.8 Å². The zero-order valence-corrected chi connectivity index (χ0v) is 13.7. The molecule has 1 N–H and O–H groups in total. The molecule has 0 bridgehead atoms. The maximum absolute atomic E-state index is 12.5. The lowest BCUT2D eigenvalue weighted by molar-refractivity contribution is -0.123. The van der Waals surface area contributed by atoms with E-state index in [-0.39, 0.29) is 24.1 Å². The first-order valence-electron chi connectivity index (χ1n) is 8.30. The number of rotatable bonds is 3. The van der Waals surface area contributed by atoms with Gasteiger partial charge in [-0.25, -0.2) is 4.98 Å². The molecule has 1 amide bonds. The van der Waals surface area contributed by atoms with Crippen molar-refractivity contribution in [3.63, 3.8) is 0 Å². The minimum absolute atomic E-state index is 0.0267. The van der Waals surface area contributed by atoms with E-state index in [4.69, 9.17) is 0 Å². The predicted octanol–water partition coefficient (Wildman–Crippen LogP) is 2.40. The molecule has 0 spiro atoms. The minimum Gasteiger partial charge on any atom is -0.352 e. The Balaban J connectivity index is 1.77. The summed E-state index contributed by atoms with van der Waals surface area (Å²) in [6.07, 6.45) is 6.04. The third kappa shape index (κ3) is 3.44. The van der Waals surface area contributed by atoms with Gasteiger partial charge in [0.25, 0.3) is 5.56 Å². The van der Waals surface area contributed by atoms with E-state index in [1.165, 1.54) is 17.3 Å². The Kier molecular flexibility index (Phi) is 4.46. The van der Waals surface area contributed by atoms with E-state index in [9.17, 15) is 9.59 Å². The van der Waals surface area contributed by atoms with E-state index in [1.807, 2.05) is 25.1 Å². The van der Waals surface area contributed by atoms with Gasteiger partial charge >= 0.3 is 0 Å². The highest BCUT2D eigenvalue weighted by molar-refractivity contribution is 5.79. The average Bonchev–Trinajstić information content (AvgIpc) is 2.53. The summed E-state index contributed by atoms with van der Waals surface area (Å²) >= 11 is 0.